The molecule has 0 unspecified atom stereocenters. The summed E-state index contributed by atoms with van der Waals surface area (Å²) in [4.78, 5) is 0. The van der Waals surface area contributed by atoms with E-state index in [9.17, 15) is 0 Å². The topological polar surface area (TPSA) is 27.7 Å². The molecule has 0 radical (unpaired) electrons. The number of allylic oxidation sites excluding steroid dienone is 1. The first kappa shape index (κ1) is 14.4. The van der Waals surface area contributed by atoms with E-state index in [0.29, 0.717) is 17.2 Å². The second-order valence-corrected chi connectivity index (χ2v) is 5.16. The molecule has 0 saturated heterocycles. The zero-order chi connectivity index (χ0) is 13.8. The van der Waals surface area contributed by atoms with Gasteiger partial charge in [0.1, 0.15) is 0 Å². The van der Waals surface area contributed by atoms with E-state index in [1.54, 1.807) is 21.3 Å². The first-order valence-corrected chi connectivity index (χ1v) is 5.90. The van der Waals surface area contributed by atoms with Crippen LogP contribution in [0.15, 0.2) is 18.2 Å². The van der Waals surface area contributed by atoms with Crippen LogP contribution in [0.2, 0.25) is 0 Å². The van der Waals surface area contributed by atoms with Gasteiger partial charge in [-0.25, -0.2) is 0 Å². The van der Waals surface area contributed by atoms with Gasteiger partial charge in [0.25, 0.3) is 0 Å². The maximum atomic E-state index is 5.31. The lowest BCUT2D eigenvalue weighted by Crippen LogP contribution is -1.99. The Morgan fingerprint density at radius 3 is 1.72 bits per heavy atom. The summed E-state index contributed by atoms with van der Waals surface area (Å²) in [6, 6.07) is 3.87. The van der Waals surface area contributed by atoms with Gasteiger partial charge in [-0.2, -0.15) is 0 Å². The van der Waals surface area contributed by atoms with Crippen LogP contribution in [-0.4, -0.2) is 21.3 Å². The van der Waals surface area contributed by atoms with Crippen molar-refractivity contribution in [2.24, 2.45) is 5.41 Å². The van der Waals surface area contributed by atoms with Gasteiger partial charge < -0.3 is 14.2 Å². The fraction of sp³-hybridized carbons (Fsp3) is 0.467. The van der Waals surface area contributed by atoms with E-state index in [1.807, 2.05) is 12.1 Å². The Labute approximate surface area is 109 Å². The van der Waals surface area contributed by atoms with Gasteiger partial charge in [-0.15, -0.1) is 0 Å². The summed E-state index contributed by atoms with van der Waals surface area (Å²) in [5, 5.41) is 0. The summed E-state index contributed by atoms with van der Waals surface area (Å²) in [7, 11) is 4.84. The molecule has 0 aromatic heterocycles. The molecule has 1 aromatic rings. The van der Waals surface area contributed by atoms with Gasteiger partial charge in [-0.3, -0.25) is 0 Å². The average molecular weight is 250 g/mol. The van der Waals surface area contributed by atoms with Gasteiger partial charge >= 0.3 is 0 Å². The van der Waals surface area contributed by atoms with Gasteiger partial charge in [-0.05, 0) is 23.1 Å². The molecule has 0 N–H and O–H groups in total. The van der Waals surface area contributed by atoms with Crippen LogP contribution in [0.25, 0.3) is 6.08 Å². The van der Waals surface area contributed by atoms with Crippen LogP contribution in [0.1, 0.15) is 26.3 Å². The van der Waals surface area contributed by atoms with Crippen LogP contribution in [0.3, 0.4) is 0 Å². The van der Waals surface area contributed by atoms with Crippen molar-refractivity contribution in [2.75, 3.05) is 21.3 Å². The second kappa shape index (κ2) is 5.80. The minimum Gasteiger partial charge on any atom is -0.493 e. The molecule has 0 aliphatic heterocycles. The highest BCUT2D eigenvalue weighted by molar-refractivity contribution is 5.62. The van der Waals surface area contributed by atoms with E-state index >= 15 is 0 Å². The molecule has 0 aliphatic carbocycles. The SMILES string of the molecule is COc1cc(/C=C\C(C)(C)C)cc(OC)c1OC. The summed E-state index contributed by atoms with van der Waals surface area (Å²) in [6.07, 6.45) is 4.21. The Kier molecular flexibility index (Phi) is 4.65. The van der Waals surface area contributed by atoms with E-state index in [-0.39, 0.29) is 5.41 Å². The Hall–Kier alpha value is -1.64. The molecule has 0 spiro atoms. The standard InChI is InChI=1S/C15H22O3/c1-15(2,3)8-7-11-9-12(16-4)14(18-6)13(10-11)17-5/h7-10H,1-6H3/b8-7-. The van der Waals surface area contributed by atoms with Gasteiger partial charge in [0.2, 0.25) is 5.75 Å². The third kappa shape index (κ3) is 3.69. The molecule has 1 aromatic carbocycles. The minimum atomic E-state index is 0.139. The zero-order valence-electron chi connectivity index (χ0n) is 12.0. The fourth-order valence-electron chi connectivity index (χ4n) is 1.54. The molecular weight excluding hydrogens is 228 g/mol. The molecule has 0 aliphatic rings. The zero-order valence-corrected chi connectivity index (χ0v) is 12.0. The van der Waals surface area contributed by atoms with Crippen molar-refractivity contribution in [3.05, 3.63) is 23.8 Å². The maximum Gasteiger partial charge on any atom is 0.203 e. The van der Waals surface area contributed by atoms with Crippen LogP contribution in [-0.2, 0) is 0 Å². The lowest BCUT2D eigenvalue weighted by atomic mass is 9.95. The molecule has 3 heteroatoms. The maximum absolute atomic E-state index is 5.31. The quantitative estimate of drug-likeness (QED) is 0.814. The largest absolute Gasteiger partial charge is 0.493 e. The van der Waals surface area contributed by atoms with Crippen molar-refractivity contribution in [1.82, 2.24) is 0 Å². The number of benzene rings is 1. The van der Waals surface area contributed by atoms with E-state index in [1.165, 1.54) is 0 Å². The molecule has 0 bridgehead atoms. The third-order valence-electron chi connectivity index (χ3n) is 2.46. The Morgan fingerprint density at radius 2 is 1.39 bits per heavy atom. The van der Waals surface area contributed by atoms with Gasteiger partial charge in [0, 0.05) is 0 Å². The molecule has 0 fully saturated rings. The highest BCUT2D eigenvalue weighted by Crippen LogP contribution is 2.38. The minimum absolute atomic E-state index is 0.139. The Morgan fingerprint density at radius 1 is 0.889 bits per heavy atom. The Balaban J connectivity index is 3.19. The first-order valence-electron chi connectivity index (χ1n) is 5.90. The Bertz CT molecular complexity index is 403. The normalized spacial score (nSPS) is 11.7. The number of hydrogen-bond acceptors (Lipinski definition) is 3. The molecule has 0 heterocycles. The highest BCUT2D eigenvalue weighted by Gasteiger charge is 2.12. The molecule has 0 saturated carbocycles. The van der Waals surface area contributed by atoms with Crippen LogP contribution in [0.5, 0.6) is 17.2 Å². The molecule has 18 heavy (non-hydrogen) atoms. The van der Waals surface area contributed by atoms with E-state index < -0.39 is 0 Å². The lowest BCUT2D eigenvalue weighted by molar-refractivity contribution is 0.324. The summed E-state index contributed by atoms with van der Waals surface area (Å²) in [6.45, 7) is 6.46. The molecule has 0 atom stereocenters. The molecular formula is C15H22O3. The van der Waals surface area contributed by atoms with Gasteiger partial charge in [-0.1, -0.05) is 32.9 Å². The van der Waals surface area contributed by atoms with E-state index in [2.05, 4.69) is 32.9 Å². The van der Waals surface area contributed by atoms with Crippen LogP contribution in [0.4, 0.5) is 0 Å². The number of ether oxygens (including phenoxy) is 3. The third-order valence-corrected chi connectivity index (χ3v) is 2.46. The predicted octanol–water partition coefficient (Wildman–Crippen LogP) is 3.77. The van der Waals surface area contributed by atoms with Crippen molar-refractivity contribution in [3.63, 3.8) is 0 Å². The lowest BCUT2D eigenvalue weighted by Gasteiger charge is -2.14. The van der Waals surface area contributed by atoms with Gasteiger partial charge in [0.05, 0.1) is 21.3 Å². The first-order chi connectivity index (χ1) is 8.41. The monoisotopic (exact) mass is 250 g/mol. The summed E-state index contributed by atoms with van der Waals surface area (Å²) in [5.41, 5.74) is 1.17. The smallest absolute Gasteiger partial charge is 0.203 e. The van der Waals surface area contributed by atoms with Crippen LogP contribution >= 0.6 is 0 Å². The van der Waals surface area contributed by atoms with Crippen molar-refractivity contribution >= 4 is 6.08 Å². The average Bonchev–Trinajstić information content (AvgIpc) is 2.33. The van der Waals surface area contributed by atoms with E-state index in [4.69, 9.17) is 14.2 Å². The summed E-state index contributed by atoms with van der Waals surface area (Å²) in [5.74, 6) is 1.96. The number of hydrogen-bond donors (Lipinski definition) is 0. The van der Waals surface area contributed by atoms with Crippen LogP contribution < -0.4 is 14.2 Å². The van der Waals surface area contributed by atoms with Crippen molar-refractivity contribution in [2.45, 2.75) is 20.8 Å². The molecule has 100 valence electrons. The van der Waals surface area contributed by atoms with Gasteiger partial charge in [0.15, 0.2) is 11.5 Å². The van der Waals surface area contributed by atoms with Crippen molar-refractivity contribution < 1.29 is 14.2 Å². The van der Waals surface area contributed by atoms with Crippen molar-refractivity contribution in [3.8, 4) is 17.2 Å². The molecule has 1 rings (SSSR count). The number of rotatable bonds is 4. The second-order valence-electron chi connectivity index (χ2n) is 5.16. The summed E-state index contributed by atoms with van der Waals surface area (Å²) < 4.78 is 15.9. The fourth-order valence-corrected chi connectivity index (χ4v) is 1.54. The molecule has 0 amide bonds. The summed E-state index contributed by atoms with van der Waals surface area (Å²) >= 11 is 0. The predicted molar refractivity (Wildman–Crippen MR) is 74.6 cm³/mol. The number of methoxy groups -OCH3 is 3. The van der Waals surface area contributed by atoms with E-state index in [0.717, 1.165) is 5.56 Å². The van der Waals surface area contributed by atoms with Crippen molar-refractivity contribution in [1.29, 1.82) is 0 Å². The van der Waals surface area contributed by atoms with Crippen LogP contribution in [0, 0.1) is 5.41 Å². The highest BCUT2D eigenvalue weighted by atomic mass is 16.5. The molecule has 3 nitrogen and oxygen atoms in total.